The van der Waals surface area contributed by atoms with E-state index in [0.717, 1.165) is 48.9 Å². The third-order valence-electron chi connectivity index (χ3n) is 7.90. The predicted molar refractivity (Wildman–Crippen MR) is 142 cm³/mol. The quantitative estimate of drug-likeness (QED) is 0.385. The molecule has 2 atom stereocenters. The van der Waals surface area contributed by atoms with Gasteiger partial charge in [0.05, 0.1) is 6.61 Å². The number of rotatable bonds is 8. The van der Waals surface area contributed by atoms with Gasteiger partial charge in [-0.15, -0.1) is 0 Å². The van der Waals surface area contributed by atoms with Crippen molar-refractivity contribution in [3.05, 3.63) is 108 Å². The maximum atomic E-state index is 12.1. The number of hydrogen-bond acceptors (Lipinski definition) is 4. The average Bonchev–Trinajstić information content (AvgIpc) is 3.49. The summed E-state index contributed by atoms with van der Waals surface area (Å²) in [5.41, 5.74) is 2.61. The Morgan fingerprint density at radius 1 is 0.889 bits per heavy atom. The molecule has 2 saturated heterocycles. The molecular formula is C31H36N2O3. The van der Waals surface area contributed by atoms with Gasteiger partial charge in [-0.25, -0.2) is 4.79 Å². The Morgan fingerprint density at radius 2 is 1.42 bits per heavy atom. The van der Waals surface area contributed by atoms with Gasteiger partial charge in [-0.3, -0.25) is 4.90 Å². The van der Waals surface area contributed by atoms with Crippen LogP contribution in [0.3, 0.4) is 0 Å². The van der Waals surface area contributed by atoms with Crippen molar-refractivity contribution in [2.75, 3.05) is 33.9 Å². The number of nitrogens with zero attached hydrogens (tertiary/aromatic N) is 2. The van der Waals surface area contributed by atoms with Crippen molar-refractivity contribution < 1.29 is 14.3 Å². The van der Waals surface area contributed by atoms with E-state index in [4.69, 9.17) is 9.47 Å². The normalized spacial score (nSPS) is 21.8. The molecule has 188 valence electrons. The Labute approximate surface area is 214 Å². The lowest BCUT2D eigenvalue weighted by molar-refractivity contribution is -0.0499. The highest BCUT2D eigenvalue weighted by atomic mass is 16.6. The number of fused-ring (bicyclic) bond motifs is 1. The van der Waals surface area contributed by atoms with E-state index in [2.05, 4.69) is 95.9 Å². The van der Waals surface area contributed by atoms with Crippen LogP contribution in [0.4, 0.5) is 4.79 Å². The van der Waals surface area contributed by atoms with Crippen LogP contribution in [0.2, 0.25) is 0 Å². The van der Waals surface area contributed by atoms with Crippen molar-refractivity contribution in [3.8, 4) is 0 Å². The molecule has 0 N–H and O–H groups in total. The maximum Gasteiger partial charge on any atom is 0.409 e. The van der Waals surface area contributed by atoms with Crippen molar-refractivity contribution in [2.45, 2.75) is 42.9 Å². The van der Waals surface area contributed by atoms with Crippen LogP contribution in [0, 0.1) is 0 Å². The summed E-state index contributed by atoms with van der Waals surface area (Å²) in [6.45, 7) is 2.06. The molecule has 5 rings (SSSR count). The zero-order valence-electron chi connectivity index (χ0n) is 21.3. The second kappa shape index (κ2) is 10.5. The average molecular weight is 485 g/mol. The first-order chi connectivity index (χ1) is 17.6. The second-order valence-electron chi connectivity index (χ2n) is 10.3. The van der Waals surface area contributed by atoms with Gasteiger partial charge in [0.1, 0.15) is 12.2 Å². The molecule has 1 amide bonds. The highest BCUT2D eigenvalue weighted by Gasteiger charge is 2.51. The van der Waals surface area contributed by atoms with Crippen molar-refractivity contribution >= 4 is 6.09 Å². The minimum atomic E-state index is -0.720. The summed E-state index contributed by atoms with van der Waals surface area (Å²) in [5.74, 6) is 0. The molecule has 5 nitrogen and oxygen atoms in total. The Kier molecular flexibility index (Phi) is 7.13. The number of amides is 1. The zero-order valence-corrected chi connectivity index (χ0v) is 21.3. The number of carbonyl (C=O) groups is 1. The predicted octanol–water partition coefficient (Wildman–Crippen LogP) is 5.69. The lowest BCUT2D eigenvalue weighted by Gasteiger charge is -2.41. The van der Waals surface area contributed by atoms with Gasteiger partial charge in [0, 0.05) is 25.7 Å². The molecule has 0 spiro atoms. The SMILES string of the molecule is CN(C)C(=O)OC[C@@H]1CC[C@@]2(COC(c3ccccc3)(c3ccccc3)c3ccccc3)CCCN12. The first kappa shape index (κ1) is 24.5. The van der Waals surface area contributed by atoms with Crippen LogP contribution in [-0.4, -0.2) is 61.3 Å². The molecular weight excluding hydrogens is 448 g/mol. The first-order valence-electron chi connectivity index (χ1n) is 13.0. The van der Waals surface area contributed by atoms with Gasteiger partial charge in [-0.1, -0.05) is 91.0 Å². The molecule has 0 aliphatic carbocycles. The van der Waals surface area contributed by atoms with Gasteiger partial charge in [-0.05, 0) is 48.9 Å². The van der Waals surface area contributed by atoms with Gasteiger partial charge in [-0.2, -0.15) is 0 Å². The molecule has 0 saturated carbocycles. The summed E-state index contributed by atoms with van der Waals surface area (Å²) in [4.78, 5) is 16.1. The second-order valence-corrected chi connectivity index (χ2v) is 10.3. The van der Waals surface area contributed by atoms with Gasteiger partial charge in [0.25, 0.3) is 0 Å². The van der Waals surface area contributed by atoms with E-state index in [1.807, 2.05) is 0 Å². The van der Waals surface area contributed by atoms with Crippen LogP contribution >= 0.6 is 0 Å². The van der Waals surface area contributed by atoms with Crippen LogP contribution in [-0.2, 0) is 15.1 Å². The Balaban J connectivity index is 1.48. The van der Waals surface area contributed by atoms with Gasteiger partial charge in [0.2, 0.25) is 0 Å². The summed E-state index contributed by atoms with van der Waals surface area (Å²) in [5, 5.41) is 0. The third-order valence-corrected chi connectivity index (χ3v) is 7.90. The van der Waals surface area contributed by atoms with Gasteiger partial charge >= 0.3 is 6.09 Å². The maximum absolute atomic E-state index is 12.1. The standard InChI is InChI=1S/C31H36N2O3/c1-32(2)29(34)35-23-28-19-21-30(20-12-22-33(28)30)24-36-31(25-13-6-3-7-14-25,26-15-8-4-9-16-26)27-17-10-5-11-18-27/h3-11,13-18,28H,12,19-24H2,1-2H3/t28-,30+/m0/s1. The fourth-order valence-corrected chi connectivity index (χ4v) is 6.10. The van der Waals surface area contributed by atoms with E-state index < -0.39 is 5.60 Å². The van der Waals surface area contributed by atoms with Crippen LogP contribution in [0.25, 0.3) is 0 Å². The van der Waals surface area contributed by atoms with Crippen LogP contribution < -0.4 is 0 Å². The van der Waals surface area contributed by atoms with Gasteiger partial charge in [0.15, 0.2) is 0 Å². The molecule has 36 heavy (non-hydrogen) atoms. The molecule has 3 aromatic rings. The van der Waals surface area contributed by atoms with Crippen molar-refractivity contribution in [2.24, 2.45) is 0 Å². The van der Waals surface area contributed by atoms with Crippen LogP contribution in [0.15, 0.2) is 91.0 Å². The molecule has 2 fully saturated rings. The van der Waals surface area contributed by atoms with Crippen molar-refractivity contribution in [1.82, 2.24) is 9.80 Å². The summed E-state index contributed by atoms with van der Waals surface area (Å²) >= 11 is 0. The topological polar surface area (TPSA) is 42.0 Å². The monoisotopic (exact) mass is 484 g/mol. The smallest absolute Gasteiger partial charge is 0.409 e. The van der Waals surface area contributed by atoms with E-state index in [-0.39, 0.29) is 17.7 Å². The lowest BCUT2D eigenvalue weighted by atomic mass is 9.79. The number of hydrogen-bond donors (Lipinski definition) is 0. The highest BCUT2D eigenvalue weighted by Crippen LogP contribution is 2.46. The fraction of sp³-hybridized carbons (Fsp3) is 0.387. The summed E-state index contributed by atoms with van der Waals surface area (Å²) in [6.07, 6.45) is 4.01. The van der Waals surface area contributed by atoms with Crippen molar-refractivity contribution in [1.29, 1.82) is 0 Å². The Hall–Kier alpha value is -3.15. The van der Waals surface area contributed by atoms with E-state index >= 15 is 0 Å². The summed E-state index contributed by atoms with van der Waals surface area (Å²) in [7, 11) is 3.45. The number of carbonyl (C=O) groups excluding carboxylic acids is 1. The molecule has 2 heterocycles. The number of ether oxygens (including phenoxy) is 2. The Morgan fingerprint density at radius 3 is 1.92 bits per heavy atom. The molecule has 3 aromatic carbocycles. The molecule has 0 unspecified atom stereocenters. The van der Waals surface area contributed by atoms with E-state index in [1.165, 1.54) is 4.90 Å². The fourth-order valence-electron chi connectivity index (χ4n) is 6.10. The number of benzene rings is 3. The first-order valence-corrected chi connectivity index (χ1v) is 13.0. The minimum Gasteiger partial charge on any atom is -0.448 e. The largest absolute Gasteiger partial charge is 0.448 e. The molecule has 2 aliphatic heterocycles. The summed E-state index contributed by atoms with van der Waals surface area (Å²) < 4.78 is 12.8. The van der Waals surface area contributed by atoms with Crippen LogP contribution in [0.1, 0.15) is 42.4 Å². The van der Waals surface area contributed by atoms with E-state index in [0.29, 0.717) is 13.2 Å². The minimum absolute atomic E-state index is 0.0429. The van der Waals surface area contributed by atoms with E-state index in [1.54, 1.807) is 14.1 Å². The van der Waals surface area contributed by atoms with Gasteiger partial charge < -0.3 is 14.4 Å². The van der Waals surface area contributed by atoms with Crippen LogP contribution in [0.5, 0.6) is 0 Å². The molecule has 2 aliphatic rings. The third kappa shape index (κ3) is 4.54. The molecule has 5 heteroatoms. The molecule has 0 aromatic heterocycles. The summed E-state index contributed by atoms with van der Waals surface area (Å²) in [6, 6.07) is 31.9. The van der Waals surface area contributed by atoms with Crippen molar-refractivity contribution in [3.63, 3.8) is 0 Å². The Bertz CT molecular complexity index is 1040. The highest BCUT2D eigenvalue weighted by molar-refractivity contribution is 5.66. The van der Waals surface area contributed by atoms with E-state index in [9.17, 15) is 4.79 Å². The molecule has 0 bridgehead atoms. The molecule has 0 radical (unpaired) electrons. The lowest BCUT2D eigenvalue weighted by Crippen LogP contribution is -2.49. The zero-order chi connectivity index (χ0) is 25.0.